The Balaban J connectivity index is 1.99. The summed E-state index contributed by atoms with van der Waals surface area (Å²) in [4.78, 5) is 12.3. The second-order valence-electron chi connectivity index (χ2n) is 16.5. The van der Waals surface area contributed by atoms with E-state index in [-0.39, 0.29) is 5.57 Å². The third-order valence-corrected chi connectivity index (χ3v) is 46.8. The number of esters is 1. The first-order chi connectivity index (χ1) is 31.8. The van der Waals surface area contributed by atoms with Crippen LogP contribution in [0.4, 0.5) is 92.2 Å². The van der Waals surface area contributed by atoms with Crippen LogP contribution < -0.4 is 0 Å². The molecule has 14 nitrogen and oxygen atoms in total. The Morgan fingerprint density at radius 3 is 0.634 bits per heavy atom. The molecule has 0 aromatic heterocycles. The number of carbonyl (C=O) groups is 1. The Morgan fingerprint density at radius 1 is 0.338 bits per heavy atom. The monoisotopic (exact) mass is 1220 g/mol. The van der Waals surface area contributed by atoms with Gasteiger partial charge in [0.05, 0.1) is 6.61 Å². The lowest BCUT2D eigenvalue weighted by Gasteiger charge is -2.63. The Morgan fingerprint density at radius 2 is 0.493 bits per heavy atom. The highest BCUT2D eigenvalue weighted by molar-refractivity contribution is 7.03. The molecule has 6 aliphatic rings. The van der Waals surface area contributed by atoms with Crippen LogP contribution in [0.2, 0.25) is 48.4 Å². The van der Waals surface area contributed by atoms with Crippen LogP contribution in [0.3, 0.4) is 0 Å². The number of hydrogen-bond donors (Lipinski definition) is 0. The molecule has 0 aromatic rings. The molecule has 0 spiro atoms. The number of halogens is 21. The average molecular weight is 1220 g/mol. The molecule has 6 fully saturated rings. The molecule has 6 rings (SSSR count). The summed E-state index contributed by atoms with van der Waals surface area (Å²) in [5.74, 6) is -1.18. The first-order valence-electron chi connectivity index (χ1n) is 20.5. The predicted octanol–water partition coefficient (Wildman–Crippen LogP) is 10.9. The van der Waals surface area contributed by atoms with Crippen molar-refractivity contribution >= 4 is 76.4 Å². The maximum Gasteiger partial charge on any atom is 0.479 e. The summed E-state index contributed by atoms with van der Waals surface area (Å²) in [5, 5.41) is 0. The van der Waals surface area contributed by atoms with E-state index in [0.29, 0.717) is 0 Å². The summed E-state index contributed by atoms with van der Waals surface area (Å²) in [6.45, 7) is 3.48. The summed E-state index contributed by atoms with van der Waals surface area (Å²) in [7, 11) is -51.8. The second kappa shape index (κ2) is 20.4. The lowest BCUT2D eigenvalue weighted by molar-refractivity contribution is -0.139. The fraction of sp³-hybridized carbons (Fsp3) is 0.893. The molecule has 0 unspecified atom stereocenters. The fourth-order valence-electron chi connectivity index (χ4n) is 7.21. The zero-order chi connectivity index (χ0) is 53.9. The molecule has 0 N–H and O–H groups in total. The van der Waals surface area contributed by atoms with E-state index in [1.165, 1.54) is 0 Å². The summed E-state index contributed by atoms with van der Waals surface area (Å²) in [6, 6.07) is -15.2. The van der Waals surface area contributed by atoms with E-state index >= 15 is 0 Å². The van der Waals surface area contributed by atoms with Crippen molar-refractivity contribution in [3.8, 4) is 0 Å². The highest BCUT2D eigenvalue weighted by Gasteiger charge is 2.84. The van der Waals surface area contributed by atoms with Gasteiger partial charge in [0, 0.05) is 98.9 Å². The zero-order valence-corrected chi connectivity index (χ0v) is 43.9. The van der Waals surface area contributed by atoms with Gasteiger partial charge in [0.2, 0.25) is 0 Å². The Hall–Kier alpha value is -1.00. The number of carbonyl (C=O) groups excluding carboxylic acids is 1. The minimum atomic E-state index is -6.61. The molecule has 6 heterocycles. The number of hydrogen-bond acceptors (Lipinski definition) is 14. The topological polar surface area (TPSA) is 137 Å². The van der Waals surface area contributed by atoms with Gasteiger partial charge >= 0.3 is 120 Å². The lowest BCUT2D eigenvalue weighted by atomic mass is 10.4. The lowest BCUT2D eigenvalue weighted by Crippen LogP contribution is -2.88. The van der Waals surface area contributed by atoms with Gasteiger partial charge in [0.25, 0.3) is 0 Å². The van der Waals surface area contributed by atoms with Crippen molar-refractivity contribution in [1.29, 1.82) is 0 Å². The number of rotatable bonds is 19. The van der Waals surface area contributed by atoms with Gasteiger partial charge in [-0.05, 0) is 13.3 Å². The minimum Gasteiger partial charge on any atom is -0.462 e. The SMILES string of the molecule is C=C(C)C(=O)OCCC[Si]12O[Si]3(CCC(F)(F)F)O[Si]4(CCC(F)(F)F)O[Si](CCC(F)(F)F)(O1)O[Si]1(CCC(F)(F)F)O[Si](CCC(F)(F)F)(O2)O[Si](CCC(F)(F)F)(O3)O[Si](CCC(F)(F)F)(O4)O1. The average Bonchev–Trinajstić information content (AvgIpc) is 3.12. The van der Waals surface area contributed by atoms with Crippen molar-refractivity contribution < 1.29 is 151 Å². The molecule has 6 aliphatic heterocycles. The molecule has 8 bridgehead atoms. The summed E-state index contributed by atoms with van der Waals surface area (Å²) in [5.41, 5.74) is -0.296. The van der Waals surface area contributed by atoms with Crippen LogP contribution in [0.5, 0.6) is 0 Å². The smallest absolute Gasteiger partial charge is 0.462 e. The van der Waals surface area contributed by atoms with Crippen molar-refractivity contribution in [2.45, 2.75) is 150 Å². The molecule has 71 heavy (non-hydrogen) atoms. The van der Waals surface area contributed by atoms with E-state index in [9.17, 15) is 97.0 Å². The zero-order valence-electron chi connectivity index (χ0n) is 35.9. The van der Waals surface area contributed by atoms with Crippen LogP contribution in [0, 0.1) is 0 Å². The van der Waals surface area contributed by atoms with Crippen LogP contribution in [-0.2, 0) is 58.9 Å². The highest BCUT2D eigenvalue weighted by Crippen LogP contribution is 2.57. The van der Waals surface area contributed by atoms with E-state index in [4.69, 9.17) is 54.1 Å². The standard InChI is InChI=1S/C28H39F21O14Si8/c1-20(2)21(50)51-11-3-12-64-52-65(13-4-22(29,30)31)55-68(16-7-25(38,39)40)57-66(53-64,14-5-23(32,33)34)59-70(18-9-27(44,45)46)60-67(54-64,15-6-24(35,36)37)58-69(56-65,17-8-26(41,42)43)62-71(61-68,63-70)19-10-28(47,48)49/h1,3-19H2,2H3. The molecule has 0 aliphatic carbocycles. The normalized spacial score (nSPS) is 34.9. The molecule has 0 aromatic carbocycles. The summed E-state index contributed by atoms with van der Waals surface area (Å²) in [6.07, 6.45) is -55.8. The Bertz CT molecular complexity index is 1720. The van der Waals surface area contributed by atoms with Gasteiger partial charge in [-0.2, -0.15) is 92.2 Å². The van der Waals surface area contributed by atoms with Crippen molar-refractivity contribution in [3.05, 3.63) is 12.2 Å². The molecule has 0 amide bonds. The third kappa shape index (κ3) is 17.8. The molecule has 0 radical (unpaired) electrons. The number of alkyl halides is 21. The van der Waals surface area contributed by atoms with Gasteiger partial charge in [0.1, 0.15) is 0 Å². The van der Waals surface area contributed by atoms with Crippen LogP contribution in [0.25, 0.3) is 0 Å². The first kappa shape index (κ1) is 60.9. The molecule has 6 saturated heterocycles. The van der Waals surface area contributed by atoms with Crippen molar-refractivity contribution in [2.24, 2.45) is 0 Å². The molecular weight excluding hydrogens is 1180 g/mol. The quantitative estimate of drug-likeness (QED) is 0.0399. The third-order valence-electron chi connectivity index (χ3n) is 9.94. The van der Waals surface area contributed by atoms with E-state index in [1.807, 2.05) is 0 Å². The molecule has 414 valence electrons. The van der Waals surface area contributed by atoms with Crippen LogP contribution in [0.15, 0.2) is 12.2 Å². The van der Waals surface area contributed by atoms with Gasteiger partial charge in [-0.3, -0.25) is 0 Å². The largest absolute Gasteiger partial charge is 0.479 e. The Labute approximate surface area is 395 Å². The van der Waals surface area contributed by atoms with Crippen molar-refractivity contribution in [1.82, 2.24) is 0 Å². The van der Waals surface area contributed by atoms with Crippen LogP contribution in [0.1, 0.15) is 58.3 Å². The van der Waals surface area contributed by atoms with Crippen LogP contribution in [-0.4, -0.2) is 126 Å². The molecule has 43 heteroatoms. The molecular formula is C28H39F21O14Si8. The van der Waals surface area contributed by atoms with Gasteiger partial charge in [-0.15, -0.1) is 0 Å². The van der Waals surface area contributed by atoms with E-state index in [2.05, 4.69) is 6.58 Å². The maximum atomic E-state index is 14.4. The van der Waals surface area contributed by atoms with Gasteiger partial charge in [0.15, 0.2) is 0 Å². The molecule has 0 saturated carbocycles. The van der Waals surface area contributed by atoms with Crippen molar-refractivity contribution in [3.63, 3.8) is 0 Å². The fourth-order valence-corrected chi connectivity index (χ4v) is 57.5. The van der Waals surface area contributed by atoms with Gasteiger partial charge in [-0.25, -0.2) is 4.79 Å². The first-order valence-corrected chi connectivity index (χ1v) is 35.9. The summed E-state index contributed by atoms with van der Waals surface area (Å²) >= 11 is 0. The van der Waals surface area contributed by atoms with E-state index in [0.717, 1.165) is 6.92 Å². The predicted molar refractivity (Wildman–Crippen MR) is 203 cm³/mol. The van der Waals surface area contributed by atoms with E-state index in [1.54, 1.807) is 0 Å². The highest BCUT2D eigenvalue weighted by atomic mass is 28.6. The summed E-state index contributed by atoms with van der Waals surface area (Å²) < 4.78 is 377. The van der Waals surface area contributed by atoms with Crippen molar-refractivity contribution in [2.75, 3.05) is 6.61 Å². The van der Waals surface area contributed by atoms with E-state index < -0.39 is 226 Å². The van der Waals surface area contributed by atoms with Gasteiger partial charge in [-0.1, -0.05) is 6.58 Å². The van der Waals surface area contributed by atoms with Gasteiger partial charge < -0.3 is 54.1 Å². The number of ether oxygens (including phenoxy) is 1. The maximum absolute atomic E-state index is 14.4. The Kier molecular flexibility index (Phi) is 17.5. The minimum absolute atomic E-state index is 0.296. The molecule has 0 atom stereocenters. The van der Waals surface area contributed by atoms with Crippen LogP contribution >= 0.6 is 0 Å². The second-order valence-corrected chi connectivity index (χ2v) is 41.2.